The van der Waals surface area contributed by atoms with Gasteiger partial charge in [0, 0.05) is 5.69 Å². The first-order valence-corrected chi connectivity index (χ1v) is 6.72. The highest BCUT2D eigenvalue weighted by Gasteiger charge is 2.17. The first-order chi connectivity index (χ1) is 10.0. The van der Waals surface area contributed by atoms with Crippen LogP contribution in [0, 0.1) is 11.7 Å². The maximum absolute atomic E-state index is 12.8. The van der Waals surface area contributed by atoms with E-state index in [0.29, 0.717) is 12.2 Å². The van der Waals surface area contributed by atoms with Crippen LogP contribution in [0.2, 0.25) is 0 Å². The molecule has 1 heterocycles. The Morgan fingerprint density at radius 1 is 1.24 bits per heavy atom. The predicted molar refractivity (Wildman–Crippen MR) is 77.2 cm³/mol. The molecule has 0 aliphatic heterocycles. The van der Waals surface area contributed by atoms with Crippen molar-refractivity contribution in [3.05, 3.63) is 42.5 Å². The van der Waals surface area contributed by atoms with Crippen LogP contribution in [0.15, 0.2) is 36.7 Å². The van der Waals surface area contributed by atoms with E-state index in [1.807, 2.05) is 13.8 Å². The molecule has 2 N–H and O–H groups in total. The molecule has 0 spiro atoms. The maximum Gasteiger partial charge on any atom is 0.319 e. The normalized spacial score (nSPS) is 12.2. The van der Waals surface area contributed by atoms with Gasteiger partial charge in [0.05, 0.1) is 25.0 Å². The lowest BCUT2D eigenvalue weighted by molar-refractivity contribution is 0.239. The van der Waals surface area contributed by atoms with Crippen molar-refractivity contribution < 1.29 is 9.18 Å². The van der Waals surface area contributed by atoms with Crippen LogP contribution in [0.1, 0.15) is 13.8 Å². The highest BCUT2D eigenvalue weighted by Crippen LogP contribution is 2.09. The van der Waals surface area contributed by atoms with Crippen molar-refractivity contribution in [2.24, 2.45) is 5.92 Å². The molecule has 2 aromatic rings. The molecule has 2 rings (SSSR count). The van der Waals surface area contributed by atoms with Crippen LogP contribution in [0.5, 0.6) is 0 Å². The molecule has 0 radical (unpaired) electrons. The van der Waals surface area contributed by atoms with Gasteiger partial charge in [-0.3, -0.25) is 0 Å². The van der Waals surface area contributed by atoms with Crippen molar-refractivity contribution in [1.29, 1.82) is 0 Å². The maximum atomic E-state index is 12.8. The molecule has 21 heavy (non-hydrogen) atoms. The van der Waals surface area contributed by atoms with E-state index in [9.17, 15) is 9.18 Å². The van der Waals surface area contributed by atoms with Crippen LogP contribution in [-0.4, -0.2) is 27.1 Å². The molecule has 0 saturated carbocycles. The molecule has 7 heteroatoms. The summed E-state index contributed by atoms with van der Waals surface area (Å²) in [5, 5.41) is 13.6. The predicted octanol–water partition coefficient (Wildman–Crippen LogP) is 2.26. The molecule has 1 aromatic carbocycles. The SMILES string of the molecule is CC(C)C(Cn1nccn1)NC(=O)Nc1ccc(F)cc1. The fourth-order valence-corrected chi connectivity index (χ4v) is 1.81. The van der Waals surface area contributed by atoms with E-state index in [4.69, 9.17) is 0 Å². The Labute approximate surface area is 122 Å². The van der Waals surface area contributed by atoms with Gasteiger partial charge in [0.15, 0.2) is 0 Å². The van der Waals surface area contributed by atoms with Crippen LogP contribution in [-0.2, 0) is 6.54 Å². The summed E-state index contributed by atoms with van der Waals surface area (Å²) >= 11 is 0. The summed E-state index contributed by atoms with van der Waals surface area (Å²) in [6.45, 7) is 4.50. The standard InChI is InChI=1S/C14H18FN5O/c1-10(2)13(9-20-16-7-8-17-20)19-14(21)18-12-5-3-11(15)4-6-12/h3-8,10,13H,9H2,1-2H3,(H2,18,19,21). The Balaban J connectivity index is 1.93. The summed E-state index contributed by atoms with van der Waals surface area (Å²) in [6.07, 6.45) is 3.19. The summed E-state index contributed by atoms with van der Waals surface area (Å²) in [4.78, 5) is 13.5. The van der Waals surface area contributed by atoms with Gasteiger partial charge in [-0.15, -0.1) is 0 Å². The van der Waals surface area contributed by atoms with Gasteiger partial charge < -0.3 is 10.6 Å². The van der Waals surface area contributed by atoms with E-state index in [1.54, 1.807) is 12.4 Å². The Bertz CT molecular complexity index is 568. The van der Waals surface area contributed by atoms with Gasteiger partial charge in [-0.05, 0) is 30.2 Å². The molecular formula is C14H18FN5O. The number of hydrogen-bond donors (Lipinski definition) is 2. The zero-order valence-electron chi connectivity index (χ0n) is 12.0. The lowest BCUT2D eigenvalue weighted by Crippen LogP contribution is -2.44. The highest BCUT2D eigenvalue weighted by molar-refractivity contribution is 5.89. The van der Waals surface area contributed by atoms with Gasteiger partial charge in [0.2, 0.25) is 0 Å². The Hall–Kier alpha value is -2.44. The van der Waals surface area contributed by atoms with Crippen molar-refractivity contribution in [2.75, 3.05) is 5.32 Å². The van der Waals surface area contributed by atoms with Gasteiger partial charge >= 0.3 is 6.03 Å². The van der Waals surface area contributed by atoms with Crippen molar-refractivity contribution in [3.8, 4) is 0 Å². The molecule has 0 bridgehead atoms. The number of amides is 2. The zero-order chi connectivity index (χ0) is 15.2. The van der Waals surface area contributed by atoms with Crippen LogP contribution < -0.4 is 10.6 Å². The summed E-state index contributed by atoms with van der Waals surface area (Å²) in [5.74, 6) is -0.124. The number of halogens is 1. The van der Waals surface area contributed by atoms with E-state index < -0.39 is 0 Å². The summed E-state index contributed by atoms with van der Waals surface area (Å²) < 4.78 is 12.8. The highest BCUT2D eigenvalue weighted by atomic mass is 19.1. The number of carbonyl (C=O) groups is 1. The Kier molecular flexibility index (Phi) is 4.86. The van der Waals surface area contributed by atoms with Crippen molar-refractivity contribution in [3.63, 3.8) is 0 Å². The van der Waals surface area contributed by atoms with Gasteiger partial charge in [0.1, 0.15) is 5.82 Å². The number of benzene rings is 1. The van der Waals surface area contributed by atoms with Crippen LogP contribution in [0.3, 0.4) is 0 Å². The number of nitrogens with one attached hydrogen (secondary N) is 2. The number of carbonyl (C=O) groups excluding carboxylic acids is 1. The second-order valence-electron chi connectivity index (χ2n) is 5.04. The molecule has 112 valence electrons. The lowest BCUT2D eigenvalue weighted by atomic mass is 10.1. The number of urea groups is 1. The number of aromatic nitrogens is 3. The fourth-order valence-electron chi connectivity index (χ4n) is 1.81. The topological polar surface area (TPSA) is 71.8 Å². The molecular weight excluding hydrogens is 273 g/mol. The second kappa shape index (κ2) is 6.83. The molecule has 1 aromatic heterocycles. The van der Waals surface area contributed by atoms with E-state index in [1.165, 1.54) is 29.1 Å². The minimum absolute atomic E-state index is 0.113. The Morgan fingerprint density at radius 2 is 1.86 bits per heavy atom. The minimum Gasteiger partial charge on any atom is -0.333 e. The summed E-state index contributed by atoms with van der Waals surface area (Å²) in [7, 11) is 0. The summed E-state index contributed by atoms with van der Waals surface area (Å²) in [6, 6.07) is 5.15. The molecule has 1 atom stereocenters. The smallest absolute Gasteiger partial charge is 0.319 e. The quantitative estimate of drug-likeness (QED) is 0.887. The fraction of sp³-hybridized carbons (Fsp3) is 0.357. The van der Waals surface area contributed by atoms with Crippen LogP contribution in [0.25, 0.3) is 0 Å². The molecule has 1 unspecified atom stereocenters. The Morgan fingerprint density at radius 3 is 2.43 bits per heavy atom. The van der Waals surface area contributed by atoms with E-state index >= 15 is 0 Å². The lowest BCUT2D eigenvalue weighted by Gasteiger charge is -2.22. The van der Waals surface area contributed by atoms with E-state index in [-0.39, 0.29) is 23.8 Å². The zero-order valence-corrected chi connectivity index (χ0v) is 12.0. The second-order valence-corrected chi connectivity index (χ2v) is 5.04. The van der Waals surface area contributed by atoms with E-state index in [0.717, 1.165) is 0 Å². The van der Waals surface area contributed by atoms with Gasteiger partial charge in [-0.2, -0.15) is 15.0 Å². The average Bonchev–Trinajstić information content (AvgIpc) is 2.93. The minimum atomic E-state index is -0.342. The van der Waals surface area contributed by atoms with Crippen LogP contribution in [0.4, 0.5) is 14.9 Å². The third kappa shape index (κ3) is 4.55. The number of anilines is 1. The number of hydrogen-bond acceptors (Lipinski definition) is 3. The first kappa shape index (κ1) is 15.0. The van der Waals surface area contributed by atoms with Crippen LogP contribution >= 0.6 is 0 Å². The molecule has 6 nitrogen and oxygen atoms in total. The van der Waals surface area contributed by atoms with Gasteiger partial charge in [0.25, 0.3) is 0 Å². The van der Waals surface area contributed by atoms with Crippen molar-refractivity contribution in [1.82, 2.24) is 20.3 Å². The molecule has 2 amide bonds. The monoisotopic (exact) mass is 291 g/mol. The van der Waals surface area contributed by atoms with Crippen molar-refractivity contribution in [2.45, 2.75) is 26.4 Å². The van der Waals surface area contributed by atoms with Gasteiger partial charge in [-0.1, -0.05) is 13.8 Å². The molecule has 0 aliphatic carbocycles. The molecule has 0 fully saturated rings. The number of rotatable bonds is 5. The average molecular weight is 291 g/mol. The van der Waals surface area contributed by atoms with Gasteiger partial charge in [-0.25, -0.2) is 9.18 Å². The third-order valence-electron chi connectivity index (χ3n) is 3.05. The summed E-state index contributed by atoms with van der Waals surface area (Å²) in [5.41, 5.74) is 0.536. The first-order valence-electron chi connectivity index (χ1n) is 6.72. The van der Waals surface area contributed by atoms with E-state index in [2.05, 4.69) is 20.8 Å². The largest absolute Gasteiger partial charge is 0.333 e. The number of nitrogens with zero attached hydrogens (tertiary/aromatic N) is 3. The van der Waals surface area contributed by atoms with Crippen molar-refractivity contribution >= 4 is 11.7 Å². The molecule has 0 aliphatic rings. The molecule has 0 saturated heterocycles. The third-order valence-corrected chi connectivity index (χ3v) is 3.05.